The third kappa shape index (κ3) is 5.09. The summed E-state index contributed by atoms with van der Waals surface area (Å²) >= 11 is 0. The van der Waals surface area contributed by atoms with Crippen molar-refractivity contribution in [1.82, 2.24) is 10.9 Å². The minimum Gasteiger partial charge on any atom is -0.396 e. The predicted octanol–water partition coefficient (Wildman–Crippen LogP) is 0.178. The van der Waals surface area contributed by atoms with Gasteiger partial charge in [0.2, 0.25) is 5.91 Å². The molecule has 3 N–H and O–H groups in total. The van der Waals surface area contributed by atoms with E-state index in [9.17, 15) is 4.79 Å². The Hall–Kier alpha value is -0.610. The lowest BCUT2D eigenvalue weighted by atomic mass is 10.2. The zero-order chi connectivity index (χ0) is 9.40. The van der Waals surface area contributed by atoms with Gasteiger partial charge in [0.05, 0.1) is 13.0 Å². The molecule has 72 valence electrons. The van der Waals surface area contributed by atoms with Crippen LogP contribution in [0.2, 0.25) is 0 Å². The monoisotopic (exact) mass is 174 g/mol. The lowest BCUT2D eigenvalue weighted by Gasteiger charge is -2.14. The fraction of sp³-hybridized carbons (Fsp3) is 0.875. The molecule has 4 heteroatoms. The van der Waals surface area contributed by atoms with E-state index in [0.29, 0.717) is 6.04 Å². The summed E-state index contributed by atoms with van der Waals surface area (Å²) in [5, 5.41) is 8.43. The maximum atomic E-state index is 10.8. The van der Waals surface area contributed by atoms with Crippen LogP contribution in [0.3, 0.4) is 0 Å². The molecule has 0 rings (SSSR count). The molecular formula is C8H18N2O2. The summed E-state index contributed by atoms with van der Waals surface area (Å²) in [5.41, 5.74) is 5.43. The average Bonchev–Trinajstić information content (AvgIpc) is 2.07. The van der Waals surface area contributed by atoms with Crippen LogP contribution in [0.5, 0.6) is 0 Å². The second kappa shape index (κ2) is 7.06. The number of carbonyl (C=O) groups is 1. The molecule has 0 saturated carbocycles. The number of carbonyl (C=O) groups excluding carboxylic acids is 1. The van der Waals surface area contributed by atoms with Crippen LogP contribution in [-0.2, 0) is 4.79 Å². The summed E-state index contributed by atoms with van der Waals surface area (Å²) in [7, 11) is 0. The van der Waals surface area contributed by atoms with Crippen molar-refractivity contribution in [3.05, 3.63) is 0 Å². The highest BCUT2D eigenvalue weighted by molar-refractivity contribution is 5.75. The van der Waals surface area contributed by atoms with Crippen LogP contribution in [0.4, 0.5) is 0 Å². The number of aliphatic hydroxyl groups is 1. The molecule has 12 heavy (non-hydrogen) atoms. The lowest BCUT2D eigenvalue weighted by Crippen LogP contribution is -2.43. The van der Waals surface area contributed by atoms with Gasteiger partial charge >= 0.3 is 0 Å². The molecule has 0 aromatic carbocycles. The second-order valence-corrected chi connectivity index (χ2v) is 2.68. The number of hydrogen-bond donors (Lipinski definition) is 3. The van der Waals surface area contributed by atoms with Gasteiger partial charge in [0.15, 0.2) is 0 Å². The Bertz CT molecular complexity index is 124. The summed E-state index contributed by atoms with van der Waals surface area (Å²) in [4.78, 5) is 10.8. The molecule has 0 aliphatic heterocycles. The Morgan fingerprint density at radius 3 is 2.42 bits per heavy atom. The summed E-state index contributed by atoms with van der Waals surface area (Å²) in [6, 6.07) is 0.327. The van der Waals surface area contributed by atoms with Gasteiger partial charge in [-0.2, -0.15) is 0 Å². The number of aliphatic hydroxyl groups excluding tert-OH is 1. The van der Waals surface area contributed by atoms with E-state index in [4.69, 9.17) is 5.11 Å². The van der Waals surface area contributed by atoms with Gasteiger partial charge in [0, 0.05) is 6.04 Å². The molecule has 0 aliphatic rings. The first kappa shape index (κ1) is 11.4. The van der Waals surface area contributed by atoms with Crippen LogP contribution in [-0.4, -0.2) is 23.7 Å². The molecule has 0 spiro atoms. The highest BCUT2D eigenvalue weighted by Crippen LogP contribution is 1.93. The third-order valence-electron chi connectivity index (χ3n) is 1.74. The molecule has 0 heterocycles. The van der Waals surface area contributed by atoms with E-state index in [2.05, 4.69) is 24.7 Å². The summed E-state index contributed by atoms with van der Waals surface area (Å²) < 4.78 is 0. The molecule has 0 radical (unpaired) electrons. The molecule has 0 saturated heterocycles. The van der Waals surface area contributed by atoms with Gasteiger partial charge in [0.25, 0.3) is 0 Å². The standard InChI is InChI=1S/C8H18N2O2/c1-3-7(4-2)9-10-8(12)5-6-11/h7,9,11H,3-6H2,1-2H3,(H,10,12). The minimum atomic E-state index is -0.163. The van der Waals surface area contributed by atoms with Crippen LogP contribution in [0.15, 0.2) is 0 Å². The zero-order valence-corrected chi connectivity index (χ0v) is 7.76. The van der Waals surface area contributed by atoms with Gasteiger partial charge in [-0.3, -0.25) is 10.2 Å². The van der Waals surface area contributed by atoms with Crippen LogP contribution < -0.4 is 10.9 Å². The van der Waals surface area contributed by atoms with Gasteiger partial charge in [0.1, 0.15) is 0 Å². The summed E-state index contributed by atoms with van der Waals surface area (Å²) in [6.07, 6.45) is 2.12. The van der Waals surface area contributed by atoms with Crippen molar-refractivity contribution in [1.29, 1.82) is 0 Å². The molecular weight excluding hydrogens is 156 g/mol. The van der Waals surface area contributed by atoms with E-state index in [1.807, 2.05) is 0 Å². The van der Waals surface area contributed by atoms with E-state index >= 15 is 0 Å². The van der Waals surface area contributed by atoms with E-state index < -0.39 is 0 Å². The van der Waals surface area contributed by atoms with Crippen molar-refractivity contribution >= 4 is 5.91 Å². The van der Waals surface area contributed by atoms with E-state index in [0.717, 1.165) is 12.8 Å². The van der Waals surface area contributed by atoms with Crippen molar-refractivity contribution < 1.29 is 9.90 Å². The van der Waals surface area contributed by atoms with Gasteiger partial charge in [-0.05, 0) is 12.8 Å². The molecule has 0 fully saturated rings. The Balaban J connectivity index is 3.44. The van der Waals surface area contributed by atoms with Crippen LogP contribution in [0, 0.1) is 0 Å². The lowest BCUT2D eigenvalue weighted by molar-refractivity contribution is -0.122. The number of rotatable bonds is 6. The quantitative estimate of drug-likeness (QED) is 0.503. The van der Waals surface area contributed by atoms with Crippen molar-refractivity contribution in [3.8, 4) is 0 Å². The molecule has 0 aromatic rings. The molecule has 0 unspecified atom stereocenters. The van der Waals surface area contributed by atoms with Gasteiger partial charge < -0.3 is 5.11 Å². The normalized spacial score (nSPS) is 10.3. The highest BCUT2D eigenvalue weighted by atomic mass is 16.3. The predicted molar refractivity (Wildman–Crippen MR) is 47.4 cm³/mol. The second-order valence-electron chi connectivity index (χ2n) is 2.68. The fourth-order valence-corrected chi connectivity index (χ4v) is 0.839. The maximum Gasteiger partial charge on any atom is 0.236 e. The van der Waals surface area contributed by atoms with E-state index in [1.54, 1.807) is 0 Å². The Morgan fingerprint density at radius 1 is 1.42 bits per heavy atom. The van der Waals surface area contributed by atoms with Crippen molar-refractivity contribution in [2.75, 3.05) is 6.61 Å². The minimum absolute atomic E-state index is 0.101. The smallest absolute Gasteiger partial charge is 0.236 e. The number of nitrogens with one attached hydrogen (secondary N) is 2. The van der Waals surface area contributed by atoms with Gasteiger partial charge in [-0.25, -0.2) is 5.43 Å². The zero-order valence-electron chi connectivity index (χ0n) is 7.76. The molecule has 0 aliphatic carbocycles. The van der Waals surface area contributed by atoms with E-state index in [1.165, 1.54) is 0 Å². The topological polar surface area (TPSA) is 61.4 Å². The van der Waals surface area contributed by atoms with Gasteiger partial charge in [-0.15, -0.1) is 0 Å². The largest absolute Gasteiger partial charge is 0.396 e. The first-order valence-electron chi connectivity index (χ1n) is 4.39. The van der Waals surface area contributed by atoms with Crippen LogP contribution in [0.25, 0.3) is 0 Å². The SMILES string of the molecule is CCC(CC)NNC(=O)CCO. The van der Waals surface area contributed by atoms with Crippen molar-refractivity contribution in [3.63, 3.8) is 0 Å². The fourth-order valence-electron chi connectivity index (χ4n) is 0.839. The number of hydrazine groups is 1. The summed E-state index contributed by atoms with van der Waals surface area (Å²) in [6.45, 7) is 4.01. The number of amides is 1. The van der Waals surface area contributed by atoms with Crippen LogP contribution in [0.1, 0.15) is 33.1 Å². The highest BCUT2D eigenvalue weighted by Gasteiger charge is 2.03. The molecule has 0 atom stereocenters. The first-order chi connectivity index (χ1) is 5.74. The average molecular weight is 174 g/mol. The first-order valence-corrected chi connectivity index (χ1v) is 4.39. The maximum absolute atomic E-state index is 10.8. The van der Waals surface area contributed by atoms with Crippen molar-refractivity contribution in [2.24, 2.45) is 0 Å². The third-order valence-corrected chi connectivity index (χ3v) is 1.74. The Kier molecular flexibility index (Phi) is 6.70. The molecule has 1 amide bonds. The number of hydrogen-bond acceptors (Lipinski definition) is 3. The van der Waals surface area contributed by atoms with E-state index in [-0.39, 0.29) is 18.9 Å². The Morgan fingerprint density at radius 2 is 2.00 bits per heavy atom. The molecule has 0 aromatic heterocycles. The summed E-state index contributed by atoms with van der Waals surface area (Å²) in [5.74, 6) is -0.163. The van der Waals surface area contributed by atoms with Crippen LogP contribution >= 0.6 is 0 Å². The Labute approximate surface area is 73.3 Å². The van der Waals surface area contributed by atoms with Gasteiger partial charge in [-0.1, -0.05) is 13.8 Å². The molecule has 0 bridgehead atoms. The molecule has 4 nitrogen and oxygen atoms in total. The van der Waals surface area contributed by atoms with Crippen molar-refractivity contribution in [2.45, 2.75) is 39.2 Å².